The van der Waals surface area contributed by atoms with Gasteiger partial charge in [0.2, 0.25) is 0 Å². The molecular formula is C15H14N2O3S. The molecule has 0 bridgehead atoms. The first-order valence-electron chi connectivity index (χ1n) is 6.21. The number of carbonyl (C=O) groups is 1. The van der Waals surface area contributed by atoms with Crippen molar-refractivity contribution in [2.75, 3.05) is 5.32 Å². The molecule has 4 N–H and O–H groups in total. The zero-order valence-corrected chi connectivity index (χ0v) is 11.9. The molecule has 0 saturated carbocycles. The first-order chi connectivity index (χ1) is 10.1. The summed E-state index contributed by atoms with van der Waals surface area (Å²) >= 11 is 5.13. The van der Waals surface area contributed by atoms with E-state index in [4.69, 9.17) is 17.3 Å². The number of hydrogen-bond acceptors (Lipinski definition) is 3. The van der Waals surface area contributed by atoms with Crippen LogP contribution in [-0.2, 0) is 6.54 Å². The molecule has 0 aliphatic heterocycles. The van der Waals surface area contributed by atoms with Gasteiger partial charge in [-0.1, -0.05) is 30.3 Å². The number of phenolic OH excluding ortho intramolecular Hbond substituents is 1. The zero-order valence-electron chi connectivity index (χ0n) is 11.0. The molecule has 2 aromatic rings. The number of benzene rings is 2. The lowest BCUT2D eigenvalue weighted by Crippen LogP contribution is -2.27. The fraction of sp³-hybridized carbons (Fsp3) is 0.0667. The smallest absolute Gasteiger partial charge is 0.335 e. The molecule has 108 valence electrons. The highest BCUT2D eigenvalue weighted by Gasteiger charge is 2.08. The predicted octanol–water partition coefficient (Wildman–Crippen LogP) is 2.58. The van der Waals surface area contributed by atoms with Crippen LogP contribution in [0.5, 0.6) is 5.75 Å². The Hall–Kier alpha value is -2.60. The molecule has 2 aromatic carbocycles. The number of rotatable bonds is 4. The number of thiocarbonyl (C=S) groups is 1. The number of carboxylic acids is 1. The lowest BCUT2D eigenvalue weighted by molar-refractivity contribution is 0.0696. The standard InChI is InChI=1S/C15H14N2O3S/c18-13-8-11(14(19)20)6-7-12(13)17-15(21)16-9-10-4-2-1-3-5-10/h1-8,18H,9H2,(H,19,20)(H2,16,17,21). The van der Waals surface area contributed by atoms with Crippen molar-refractivity contribution >= 4 is 29.0 Å². The number of carboxylic acid groups (broad SMARTS) is 1. The molecule has 0 radical (unpaired) electrons. The topological polar surface area (TPSA) is 81.6 Å². The van der Waals surface area contributed by atoms with Crippen molar-refractivity contribution in [1.82, 2.24) is 5.32 Å². The number of anilines is 1. The van der Waals surface area contributed by atoms with Crippen LogP contribution in [-0.4, -0.2) is 21.3 Å². The Bertz CT molecular complexity index is 659. The molecular weight excluding hydrogens is 288 g/mol. The van der Waals surface area contributed by atoms with E-state index in [0.29, 0.717) is 17.3 Å². The quantitative estimate of drug-likeness (QED) is 0.513. The Balaban J connectivity index is 1.95. The molecule has 0 amide bonds. The maximum Gasteiger partial charge on any atom is 0.335 e. The lowest BCUT2D eigenvalue weighted by Gasteiger charge is -2.12. The second kappa shape index (κ2) is 6.71. The van der Waals surface area contributed by atoms with Crippen LogP contribution in [0.25, 0.3) is 0 Å². The van der Waals surface area contributed by atoms with Gasteiger partial charge in [-0.2, -0.15) is 0 Å². The number of hydrogen-bond donors (Lipinski definition) is 4. The Kier molecular flexibility index (Phi) is 4.73. The van der Waals surface area contributed by atoms with Gasteiger partial charge < -0.3 is 20.8 Å². The maximum atomic E-state index is 10.8. The third-order valence-electron chi connectivity index (χ3n) is 2.79. The van der Waals surface area contributed by atoms with Gasteiger partial charge in [0.25, 0.3) is 0 Å². The molecule has 0 fully saturated rings. The van der Waals surface area contributed by atoms with Gasteiger partial charge in [-0.15, -0.1) is 0 Å². The third-order valence-corrected chi connectivity index (χ3v) is 3.04. The molecule has 0 atom stereocenters. The minimum atomic E-state index is -1.10. The molecule has 0 aliphatic rings. The van der Waals surface area contributed by atoms with Crippen molar-refractivity contribution in [2.45, 2.75) is 6.54 Å². The van der Waals surface area contributed by atoms with E-state index in [1.165, 1.54) is 18.2 Å². The molecule has 0 aromatic heterocycles. The monoisotopic (exact) mass is 302 g/mol. The van der Waals surface area contributed by atoms with Gasteiger partial charge in [-0.25, -0.2) is 4.79 Å². The highest BCUT2D eigenvalue weighted by atomic mass is 32.1. The van der Waals surface area contributed by atoms with Crippen molar-refractivity contribution < 1.29 is 15.0 Å². The van der Waals surface area contributed by atoms with Crippen LogP contribution in [0, 0.1) is 0 Å². The van der Waals surface area contributed by atoms with Crippen LogP contribution in [0.15, 0.2) is 48.5 Å². The second-order valence-corrected chi connectivity index (χ2v) is 4.74. The summed E-state index contributed by atoms with van der Waals surface area (Å²) in [5.74, 6) is -1.26. The molecule has 21 heavy (non-hydrogen) atoms. The average molecular weight is 302 g/mol. The van der Waals surface area contributed by atoms with E-state index in [-0.39, 0.29) is 11.3 Å². The summed E-state index contributed by atoms with van der Waals surface area (Å²) in [5.41, 5.74) is 1.44. The van der Waals surface area contributed by atoms with Gasteiger partial charge in [0.15, 0.2) is 5.11 Å². The minimum Gasteiger partial charge on any atom is -0.506 e. The van der Waals surface area contributed by atoms with Crippen molar-refractivity contribution in [3.05, 3.63) is 59.7 Å². The van der Waals surface area contributed by atoms with E-state index >= 15 is 0 Å². The van der Waals surface area contributed by atoms with Crippen molar-refractivity contribution in [1.29, 1.82) is 0 Å². The molecule has 0 spiro atoms. The Morgan fingerprint density at radius 3 is 2.48 bits per heavy atom. The van der Waals surface area contributed by atoms with E-state index in [0.717, 1.165) is 5.56 Å². The Morgan fingerprint density at radius 1 is 1.14 bits per heavy atom. The van der Waals surface area contributed by atoms with E-state index in [9.17, 15) is 9.90 Å². The van der Waals surface area contributed by atoms with Crippen LogP contribution in [0.4, 0.5) is 5.69 Å². The van der Waals surface area contributed by atoms with Crippen LogP contribution < -0.4 is 10.6 Å². The first kappa shape index (κ1) is 14.8. The van der Waals surface area contributed by atoms with Crippen LogP contribution in [0.1, 0.15) is 15.9 Å². The van der Waals surface area contributed by atoms with Gasteiger partial charge in [-0.05, 0) is 36.0 Å². The normalized spacial score (nSPS) is 9.90. The van der Waals surface area contributed by atoms with Crippen molar-refractivity contribution in [2.24, 2.45) is 0 Å². The fourth-order valence-corrected chi connectivity index (χ4v) is 1.90. The van der Waals surface area contributed by atoms with E-state index in [1.54, 1.807) is 0 Å². The predicted molar refractivity (Wildman–Crippen MR) is 84.6 cm³/mol. The molecule has 0 saturated heterocycles. The van der Waals surface area contributed by atoms with Crippen LogP contribution >= 0.6 is 12.2 Å². The number of aromatic carboxylic acids is 1. The molecule has 6 heteroatoms. The van der Waals surface area contributed by atoms with E-state index in [2.05, 4.69) is 10.6 Å². The van der Waals surface area contributed by atoms with Gasteiger partial charge in [0, 0.05) is 6.54 Å². The first-order valence-corrected chi connectivity index (χ1v) is 6.62. The summed E-state index contributed by atoms with van der Waals surface area (Å²) in [6.07, 6.45) is 0. The lowest BCUT2D eigenvalue weighted by atomic mass is 10.2. The van der Waals surface area contributed by atoms with Crippen LogP contribution in [0.2, 0.25) is 0 Å². The van der Waals surface area contributed by atoms with Gasteiger partial charge in [-0.3, -0.25) is 0 Å². The second-order valence-electron chi connectivity index (χ2n) is 4.33. The van der Waals surface area contributed by atoms with Crippen molar-refractivity contribution in [3.8, 4) is 5.75 Å². The summed E-state index contributed by atoms with van der Waals surface area (Å²) in [6.45, 7) is 0.556. The molecule has 2 rings (SSSR count). The summed E-state index contributed by atoms with van der Waals surface area (Å²) in [4.78, 5) is 10.8. The summed E-state index contributed by atoms with van der Waals surface area (Å²) in [7, 11) is 0. The Labute approximate surface area is 127 Å². The van der Waals surface area contributed by atoms with Gasteiger partial charge in [0.1, 0.15) is 5.75 Å². The molecule has 0 heterocycles. The van der Waals surface area contributed by atoms with E-state index < -0.39 is 5.97 Å². The van der Waals surface area contributed by atoms with Crippen LogP contribution in [0.3, 0.4) is 0 Å². The highest BCUT2D eigenvalue weighted by Crippen LogP contribution is 2.24. The number of nitrogens with one attached hydrogen (secondary N) is 2. The maximum absolute atomic E-state index is 10.8. The van der Waals surface area contributed by atoms with Gasteiger partial charge in [0.05, 0.1) is 11.3 Å². The number of aromatic hydroxyl groups is 1. The third kappa shape index (κ3) is 4.19. The summed E-state index contributed by atoms with van der Waals surface area (Å²) < 4.78 is 0. The summed E-state index contributed by atoms with van der Waals surface area (Å²) in [5, 5.41) is 24.8. The summed E-state index contributed by atoms with van der Waals surface area (Å²) in [6, 6.07) is 13.8. The highest BCUT2D eigenvalue weighted by molar-refractivity contribution is 7.80. The molecule has 5 nitrogen and oxygen atoms in total. The largest absolute Gasteiger partial charge is 0.506 e. The SMILES string of the molecule is O=C(O)c1ccc(NC(=S)NCc2ccccc2)c(O)c1. The molecule has 0 unspecified atom stereocenters. The van der Waals surface area contributed by atoms with Gasteiger partial charge >= 0.3 is 5.97 Å². The van der Waals surface area contributed by atoms with Crippen molar-refractivity contribution in [3.63, 3.8) is 0 Å². The zero-order chi connectivity index (χ0) is 15.2. The average Bonchev–Trinajstić information content (AvgIpc) is 2.48. The fourth-order valence-electron chi connectivity index (χ4n) is 1.72. The van der Waals surface area contributed by atoms with E-state index in [1.807, 2.05) is 30.3 Å². The number of phenols is 1. The minimum absolute atomic E-state index is 0.0150. The molecule has 0 aliphatic carbocycles. The Morgan fingerprint density at radius 2 is 1.86 bits per heavy atom.